The molecule has 0 aliphatic heterocycles. The standard InChI is InChI=1S/C26H18.C5H5.2CH3.2ClH.Zr/c1-5-13-21-17(9-1)18-10-2-6-14-22(18)25(21)26-23-15-7-3-11-19(23)20-12-4-8-16-24(20)26;1-2-4-5-3-1;;;;;/h1-16,25-26H;1-3H,4H2;2*1H3;2*1H;/q;;;;;;+2/p-2. The van der Waals surface area contributed by atoms with Crippen LogP contribution in [0.15, 0.2) is 119 Å². The Labute approximate surface area is 222 Å². The SMILES string of the molecule is [CH3][Zr]([CH3])([Cl])([Cl])[C]1=CC=CC1.c1ccc2c(c1)-c1ccccc1C2C1c2ccccc2-c2ccccc21. The van der Waals surface area contributed by atoms with E-state index in [1.54, 1.807) is 0 Å². The predicted molar refractivity (Wildman–Crippen MR) is 153 cm³/mol. The monoisotopic (exact) mass is 585 g/mol. The predicted octanol–water partition coefficient (Wildman–Crippen LogP) is 10.5. The number of allylic oxidation sites excluding steroid dienone is 4. The fraction of sp³-hybridized carbons (Fsp3) is 0.152. The zero-order valence-corrected chi connectivity index (χ0v) is 24.6. The summed E-state index contributed by atoms with van der Waals surface area (Å²) in [5, 5.41) is 0. The molecule has 0 bridgehead atoms. The Morgan fingerprint density at radius 2 is 0.889 bits per heavy atom. The molecular weight excluding hydrogens is 558 g/mol. The number of hydrogen-bond acceptors (Lipinski definition) is 0. The molecule has 0 spiro atoms. The van der Waals surface area contributed by atoms with Crippen molar-refractivity contribution in [2.75, 3.05) is 0 Å². The summed E-state index contributed by atoms with van der Waals surface area (Å²) >= 11 is -3.26. The van der Waals surface area contributed by atoms with Crippen LogP contribution in [0.2, 0.25) is 9.26 Å². The third-order valence-electron chi connectivity index (χ3n) is 7.75. The zero-order chi connectivity index (χ0) is 24.9. The molecule has 0 fully saturated rings. The fourth-order valence-corrected chi connectivity index (χ4v) is 10.8. The van der Waals surface area contributed by atoms with Crippen molar-refractivity contribution >= 4 is 17.0 Å². The van der Waals surface area contributed by atoms with E-state index in [2.05, 4.69) is 109 Å². The van der Waals surface area contributed by atoms with Gasteiger partial charge in [-0.2, -0.15) is 0 Å². The molecule has 0 unspecified atom stereocenters. The van der Waals surface area contributed by atoms with Crippen LogP contribution in [0.3, 0.4) is 0 Å². The van der Waals surface area contributed by atoms with Crippen molar-refractivity contribution in [3.8, 4) is 22.3 Å². The summed E-state index contributed by atoms with van der Waals surface area (Å²) in [5.41, 5.74) is 11.4. The molecule has 0 saturated carbocycles. The van der Waals surface area contributed by atoms with E-state index in [0.717, 1.165) is 6.42 Å². The number of benzene rings is 4. The molecule has 0 radical (unpaired) electrons. The summed E-state index contributed by atoms with van der Waals surface area (Å²) in [6, 6.07) is 35.8. The largest absolute Gasteiger partial charge is 0.0619 e. The molecule has 3 heteroatoms. The molecule has 0 nitrogen and oxygen atoms in total. The second-order valence-electron chi connectivity index (χ2n) is 10.6. The number of halogens is 2. The smallest absolute Gasteiger partial charge is 0.0211 e. The van der Waals surface area contributed by atoms with E-state index in [0.29, 0.717) is 11.8 Å². The van der Waals surface area contributed by atoms with Crippen LogP contribution in [-0.4, -0.2) is 0 Å². The van der Waals surface area contributed by atoms with Gasteiger partial charge >= 0.3 is 70.6 Å². The topological polar surface area (TPSA) is 0 Å². The summed E-state index contributed by atoms with van der Waals surface area (Å²) in [6.07, 6.45) is 7.15. The average Bonchev–Trinajstić information content (AvgIpc) is 3.60. The molecule has 0 saturated heterocycles. The Morgan fingerprint density at radius 3 is 1.14 bits per heavy atom. The Morgan fingerprint density at radius 1 is 0.556 bits per heavy atom. The maximum atomic E-state index is 6.26. The molecule has 0 heterocycles. The van der Waals surface area contributed by atoms with Gasteiger partial charge in [0.05, 0.1) is 0 Å². The molecule has 7 rings (SSSR count). The molecule has 0 aromatic heterocycles. The van der Waals surface area contributed by atoms with Gasteiger partial charge in [0.2, 0.25) is 0 Å². The molecule has 4 aromatic rings. The quantitative estimate of drug-likeness (QED) is 0.219. The minimum atomic E-state index is -3.26. The minimum absolute atomic E-state index is 0.382. The van der Waals surface area contributed by atoms with Gasteiger partial charge in [0.1, 0.15) is 0 Å². The van der Waals surface area contributed by atoms with E-state index >= 15 is 0 Å². The van der Waals surface area contributed by atoms with Gasteiger partial charge in [-0.1, -0.05) is 97.1 Å². The summed E-state index contributed by atoms with van der Waals surface area (Å²) in [6.45, 7) is 0. The number of fused-ring (bicyclic) bond motifs is 6. The van der Waals surface area contributed by atoms with E-state index < -0.39 is 16.4 Å². The average molecular weight is 588 g/mol. The van der Waals surface area contributed by atoms with Crippen LogP contribution in [-0.2, 0) is 16.4 Å². The van der Waals surface area contributed by atoms with Crippen molar-refractivity contribution in [2.45, 2.75) is 27.5 Å². The van der Waals surface area contributed by atoms with Crippen LogP contribution in [0.1, 0.15) is 40.5 Å². The van der Waals surface area contributed by atoms with Crippen LogP contribution in [0, 0.1) is 0 Å². The van der Waals surface area contributed by atoms with Crippen molar-refractivity contribution in [1.29, 1.82) is 0 Å². The summed E-state index contributed by atoms with van der Waals surface area (Å²) < 4.78 is 5.30. The zero-order valence-electron chi connectivity index (χ0n) is 20.6. The molecular formula is C33H29Cl2Zr. The first-order valence-corrected chi connectivity index (χ1v) is 25.1. The number of hydrogen-bond donors (Lipinski definition) is 0. The molecule has 4 aromatic carbocycles. The van der Waals surface area contributed by atoms with Gasteiger partial charge in [0.15, 0.2) is 0 Å². The van der Waals surface area contributed by atoms with E-state index in [9.17, 15) is 0 Å². The summed E-state index contributed by atoms with van der Waals surface area (Å²) in [7, 11) is 12.5. The molecule has 179 valence electrons. The third kappa shape index (κ3) is 4.20. The fourth-order valence-electron chi connectivity index (χ4n) is 6.07. The maximum absolute atomic E-state index is 6.26. The molecule has 0 atom stereocenters. The van der Waals surface area contributed by atoms with E-state index in [4.69, 9.17) is 17.0 Å². The van der Waals surface area contributed by atoms with Crippen LogP contribution in [0.25, 0.3) is 22.3 Å². The van der Waals surface area contributed by atoms with Gasteiger partial charge < -0.3 is 0 Å². The van der Waals surface area contributed by atoms with Gasteiger partial charge in [-0.05, 0) is 44.5 Å². The summed E-state index contributed by atoms with van der Waals surface area (Å²) in [5.74, 6) is 0.763. The van der Waals surface area contributed by atoms with Crippen molar-refractivity contribution in [3.05, 3.63) is 141 Å². The Hall–Kier alpha value is -2.18. The Balaban J connectivity index is 0.000000204. The first-order chi connectivity index (χ1) is 17.3. The van der Waals surface area contributed by atoms with Crippen LogP contribution >= 0.6 is 17.0 Å². The van der Waals surface area contributed by atoms with Gasteiger partial charge in [0.25, 0.3) is 0 Å². The van der Waals surface area contributed by atoms with E-state index in [-0.39, 0.29) is 0 Å². The van der Waals surface area contributed by atoms with Crippen molar-refractivity contribution in [3.63, 3.8) is 0 Å². The van der Waals surface area contributed by atoms with E-state index in [1.807, 2.05) is 15.3 Å². The van der Waals surface area contributed by atoms with Crippen LogP contribution < -0.4 is 0 Å². The molecule has 0 N–H and O–H groups in total. The second kappa shape index (κ2) is 8.99. The maximum Gasteiger partial charge on any atom is 0.0211 e. The van der Waals surface area contributed by atoms with E-state index in [1.165, 1.54) is 47.8 Å². The summed E-state index contributed by atoms with van der Waals surface area (Å²) in [4.78, 5) is 0. The van der Waals surface area contributed by atoms with Crippen LogP contribution in [0.5, 0.6) is 0 Å². The normalized spacial score (nSPS) is 16.7. The third-order valence-corrected chi connectivity index (χ3v) is 15.9. The first-order valence-electron chi connectivity index (χ1n) is 12.6. The molecule has 0 amide bonds. The van der Waals surface area contributed by atoms with Crippen molar-refractivity contribution < 1.29 is 16.4 Å². The molecule has 3 aliphatic rings. The Kier molecular flexibility index (Phi) is 6.03. The van der Waals surface area contributed by atoms with Gasteiger partial charge in [-0.3, -0.25) is 0 Å². The van der Waals surface area contributed by atoms with Gasteiger partial charge in [0, 0.05) is 11.8 Å². The van der Waals surface area contributed by atoms with Gasteiger partial charge in [-0.25, -0.2) is 0 Å². The van der Waals surface area contributed by atoms with Gasteiger partial charge in [-0.15, -0.1) is 0 Å². The first kappa shape index (κ1) is 24.2. The molecule has 36 heavy (non-hydrogen) atoms. The minimum Gasteiger partial charge on any atom is -0.0619 e. The van der Waals surface area contributed by atoms with Crippen molar-refractivity contribution in [1.82, 2.24) is 0 Å². The molecule has 3 aliphatic carbocycles. The van der Waals surface area contributed by atoms with Crippen molar-refractivity contribution in [2.24, 2.45) is 0 Å². The Bertz CT molecular complexity index is 1340. The number of rotatable bonds is 2. The second-order valence-corrected chi connectivity index (χ2v) is 36.7. The van der Waals surface area contributed by atoms with Crippen LogP contribution in [0.4, 0.5) is 0 Å².